The first-order valence-corrected chi connectivity index (χ1v) is 12.8. The third-order valence-corrected chi connectivity index (χ3v) is 6.86. The van der Waals surface area contributed by atoms with Crippen LogP contribution >= 0.6 is 0 Å². The van der Waals surface area contributed by atoms with Crippen LogP contribution in [0.4, 0.5) is 0 Å². The summed E-state index contributed by atoms with van der Waals surface area (Å²) in [6.07, 6.45) is 12.2. The van der Waals surface area contributed by atoms with Gasteiger partial charge in [0.1, 0.15) is 0 Å². The number of allylic oxidation sites excluding steroid dienone is 2. The normalized spacial score (nSPS) is 13.8. The van der Waals surface area contributed by atoms with E-state index < -0.39 is 0 Å². The molecule has 2 nitrogen and oxygen atoms in total. The van der Waals surface area contributed by atoms with Gasteiger partial charge in [-0.15, -0.1) is 0 Å². The lowest BCUT2D eigenvalue weighted by Gasteiger charge is -2.13. The van der Waals surface area contributed by atoms with Gasteiger partial charge in [0.05, 0.1) is 0 Å². The van der Waals surface area contributed by atoms with Gasteiger partial charge >= 0.3 is 0 Å². The second kappa shape index (κ2) is 11.4. The van der Waals surface area contributed by atoms with E-state index in [9.17, 15) is 5.53 Å². The molecule has 0 atom stereocenters. The van der Waals surface area contributed by atoms with Crippen molar-refractivity contribution in [2.45, 2.75) is 92.4 Å². The van der Waals surface area contributed by atoms with Gasteiger partial charge in [0, 0.05) is 22.8 Å². The average Bonchev–Trinajstić information content (AvgIpc) is 3.16. The summed E-state index contributed by atoms with van der Waals surface area (Å²) in [4.78, 5) is 0. The maximum Gasteiger partial charge on any atom is 0.210 e. The van der Waals surface area contributed by atoms with Crippen molar-refractivity contribution < 1.29 is 4.70 Å². The molecule has 0 radical (unpaired) electrons. The van der Waals surface area contributed by atoms with Crippen LogP contribution in [0.25, 0.3) is 16.9 Å². The first-order valence-electron chi connectivity index (χ1n) is 12.8. The van der Waals surface area contributed by atoms with Crippen molar-refractivity contribution in [3.63, 3.8) is 0 Å². The Balaban J connectivity index is 2.02. The minimum Gasteiger partial charge on any atom is -0.493 e. The largest absolute Gasteiger partial charge is 0.493 e. The Labute approximate surface area is 195 Å². The van der Waals surface area contributed by atoms with Crippen LogP contribution in [0.1, 0.15) is 100 Å². The molecule has 1 heterocycles. The van der Waals surface area contributed by atoms with E-state index in [1.54, 1.807) is 0 Å². The summed E-state index contributed by atoms with van der Waals surface area (Å²) in [5.41, 5.74) is 22.3. The van der Waals surface area contributed by atoms with Crippen LogP contribution in [0.15, 0.2) is 48.0 Å². The van der Waals surface area contributed by atoms with Crippen LogP contribution < -0.4 is 0 Å². The van der Waals surface area contributed by atoms with Gasteiger partial charge in [-0.3, -0.25) is 0 Å². The van der Waals surface area contributed by atoms with Gasteiger partial charge in [0.15, 0.2) is 0 Å². The lowest BCUT2D eigenvalue weighted by molar-refractivity contribution is -0.344. The van der Waals surface area contributed by atoms with Crippen molar-refractivity contribution in [2.24, 2.45) is 0 Å². The minimum absolute atomic E-state index is 0.903. The van der Waals surface area contributed by atoms with Crippen molar-refractivity contribution >= 4 is 11.4 Å². The van der Waals surface area contributed by atoms with E-state index in [1.807, 2.05) is 0 Å². The molecule has 0 N–H and O–H groups in total. The molecule has 0 fully saturated rings. The molecular weight excluding hydrogens is 388 g/mol. The van der Waals surface area contributed by atoms with E-state index in [-0.39, 0.29) is 0 Å². The molecule has 1 aliphatic rings. The fourth-order valence-electron chi connectivity index (χ4n) is 4.90. The maximum atomic E-state index is 11.4. The van der Waals surface area contributed by atoms with E-state index in [4.69, 9.17) is 0 Å². The van der Waals surface area contributed by atoms with Gasteiger partial charge in [-0.25, -0.2) is 4.70 Å². The molecular formula is C30H40N2. The van der Waals surface area contributed by atoms with E-state index in [0.29, 0.717) is 0 Å². The van der Waals surface area contributed by atoms with Gasteiger partial charge in [-0.1, -0.05) is 66.0 Å². The van der Waals surface area contributed by atoms with E-state index in [2.05, 4.69) is 77.1 Å². The molecule has 0 bridgehead atoms. The second-order valence-electron chi connectivity index (χ2n) is 8.91. The lowest BCUT2D eigenvalue weighted by Crippen LogP contribution is -2.04. The third-order valence-electron chi connectivity index (χ3n) is 6.86. The van der Waals surface area contributed by atoms with Crippen LogP contribution in [0, 0.1) is 0 Å². The summed E-state index contributed by atoms with van der Waals surface area (Å²) in [6, 6.07) is 13.4. The first-order chi connectivity index (χ1) is 15.6. The standard InChI is InChI=1S/C30H40N2/c1-6-11-12-13-14-27-21-29(26-17-15-22(7-2)24(9-4)19-26)32(31)30(27)28-18-16-23(8-3)25(10-5)20-28/h15-21H,6-14H2,1-5H3. The molecule has 2 aromatic rings. The highest BCUT2D eigenvalue weighted by Gasteiger charge is 2.29. The number of nitrogens with zero attached hydrogens (tertiary/aromatic N) is 2. The number of unbranched alkanes of at least 4 members (excludes halogenated alkanes) is 3. The number of aryl methyl sites for hydroxylation is 4. The van der Waals surface area contributed by atoms with Crippen LogP contribution in [0.2, 0.25) is 0 Å². The Hall–Kier alpha value is -2.48. The smallest absolute Gasteiger partial charge is 0.210 e. The predicted molar refractivity (Wildman–Crippen MR) is 138 cm³/mol. The molecule has 0 unspecified atom stereocenters. The van der Waals surface area contributed by atoms with Crippen LogP contribution in [-0.4, -0.2) is 4.70 Å². The van der Waals surface area contributed by atoms with Crippen molar-refractivity contribution in [3.05, 3.63) is 87.0 Å². The predicted octanol–water partition coefficient (Wildman–Crippen LogP) is 8.71. The molecule has 2 heteroatoms. The van der Waals surface area contributed by atoms with E-state index in [0.717, 1.165) is 61.0 Å². The summed E-state index contributed by atoms with van der Waals surface area (Å²) in [7, 11) is 0. The number of rotatable bonds is 11. The lowest BCUT2D eigenvalue weighted by atomic mass is 9.96. The van der Waals surface area contributed by atoms with Gasteiger partial charge in [-0.05, 0) is 85.0 Å². The highest BCUT2D eigenvalue weighted by atomic mass is 15.2. The quantitative estimate of drug-likeness (QED) is 0.252. The SMILES string of the molecule is CCCCCCC1=C(c2ccc(CC)c(CC)c2)[N+](=[N-])C(c2ccc(CC)c(CC)c2)=C1. The highest BCUT2D eigenvalue weighted by Crippen LogP contribution is 2.38. The topological polar surface area (TPSA) is 25.3 Å². The summed E-state index contributed by atoms with van der Waals surface area (Å²) >= 11 is 0. The van der Waals surface area contributed by atoms with Gasteiger partial charge in [0.2, 0.25) is 11.4 Å². The average molecular weight is 429 g/mol. The molecule has 0 saturated carbocycles. The van der Waals surface area contributed by atoms with Crippen LogP contribution in [0.5, 0.6) is 0 Å². The van der Waals surface area contributed by atoms with Crippen molar-refractivity contribution in [1.82, 2.24) is 0 Å². The summed E-state index contributed by atoms with van der Waals surface area (Å²) in [5.74, 6) is 0. The van der Waals surface area contributed by atoms with Gasteiger partial charge in [-0.2, -0.15) is 0 Å². The fourth-order valence-corrected chi connectivity index (χ4v) is 4.90. The molecule has 0 saturated heterocycles. The summed E-state index contributed by atoms with van der Waals surface area (Å²) in [6.45, 7) is 11.1. The Morgan fingerprint density at radius 1 is 0.656 bits per heavy atom. The molecule has 2 aromatic carbocycles. The first kappa shape index (κ1) is 24.2. The molecule has 32 heavy (non-hydrogen) atoms. The van der Waals surface area contributed by atoms with Crippen molar-refractivity contribution in [2.75, 3.05) is 0 Å². The van der Waals surface area contributed by atoms with E-state index >= 15 is 0 Å². The van der Waals surface area contributed by atoms with Crippen molar-refractivity contribution in [3.8, 4) is 0 Å². The fraction of sp³-hybridized carbons (Fsp3) is 0.467. The molecule has 0 amide bonds. The Kier molecular flexibility index (Phi) is 8.61. The molecule has 0 aliphatic carbocycles. The zero-order chi connectivity index (χ0) is 23.1. The molecule has 0 spiro atoms. The van der Waals surface area contributed by atoms with Crippen LogP contribution in [-0.2, 0) is 25.7 Å². The third kappa shape index (κ3) is 5.11. The number of hydrogen-bond donors (Lipinski definition) is 0. The Bertz CT molecular complexity index is 1020. The number of benzene rings is 2. The summed E-state index contributed by atoms with van der Waals surface area (Å²) in [5, 5.41) is 0. The zero-order valence-electron chi connectivity index (χ0n) is 20.8. The Morgan fingerprint density at radius 3 is 1.78 bits per heavy atom. The zero-order valence-corrected chi connectivity index (χ0v) is 20.8. The number of hydrogen-bond acceptors (Lipinski definition) is 0. The second-order valence-corrected chi connectivity index (χ2v) is 8.91. The molecule has 1 aliphatic heterocycles. The maximum absolute atomic E-state index is 11.4. The van der Waals surface area contributed by atoms with Gasteiger partial charge < -0.3 is 5.53 Å². The van der Waals surface area contributed by atoms with Gasteiger partial charge in [0.25, 0.3) is 0 Å². The highest BCUT2D eigenvalue weighted by molar-refractivity contribution is 5.79. The van der Waals surface area contributed by atoms with E-state index in [1.165, 1.54) is 51.8 Å². The monoisotopic (exact) mass is 428 g/mol. The minimum atomic E-state index is 0.903. The summed E-state index contributed by atoms with van der Waals surface area (Å²) < 4.78 is 1.45. The van der Waals surface area contributed by atoms with Crippen LogP contribution in [0.3, 0.4) is 0 Å². The van der Waals surface area contributed by atoms with Crippen molar-refractivity contribution in [1.29, 1.82) is 0 Å². The molecule has 170 valence electrons. The molecule has 3 rings (SSSR count). The Morgan fingerprint density at radius 2 is 1.22 bits per heavy atom. The molecule has 0 aromatic heterocycles.